The topological polar surface area (TPSA) is 86.0 Å². The molecule has 1 aliphatic heterocycles. The summed E-state index contributed by atoms with van der Waals surface area (Å²) in [6.07, 6.45) is 3.45. The summed E-state index contributed by atoms with van der Waals surface area (Å²) in [6.45, 7) is 4.59. The Morgan fingerprint density at radius 3 is 3.04 bits per heavy atom. The van der Waals surface area contributed by atoms with Gasteiger partial charge in [0, 0.05) is 11.4 Å². The van der Waals surface area contributed by atoms with Crippen molar-refractivity contribution in [1.29, 1.82) is 0 Å². The summed E-state index contributed by atoms with van der Waals surface area (Å²) in [4.78, 5) is 15.1. The minimum atomic E-state index is -0.100. The van der Waals surface area contributed by atoms with E-state index in [-0.39, 0.29) is 12.2 Å². The molecule has 0 radical (unpaired) electrons. The number of nitrogens with one attached hydrogen (secondary N) is 1. The molecule has 0 spiro atoms. The van der Waals surface area contributed by atoms with Gasteiger partial charge in [0.15, 0.2) is 5.82 Å². The average Bonchev–Trinajstić information content (AvgIpc) is 3.23. The third kappa shape index (κ3) is 2.91. The molecule has 3 aromatic heterocycles. The van der Waals surface area contributed by atoms with Crippen LogP contribution < -0.4 is 5.32 Å². The van der Waals surface area contributed by atoms with Crippen LogP contribution in [-0.2, 0) is 4.74 Å². The molecular formula is C15H17N5O2S. The van der Waals surface area contributed by atoms with Crippen LogP contribution in [-0.4, -0.2) is 32.8 Å². The normalized spacial score (nSPS) is 21.1. The van der Waals surface area contributed by atoms with E-state index >= 15 is 0 Å². The zero-order valence-electron chi connectivity index (χ0n) is 12.9. The highest BCUT2D eigenvalue weighted by molar-refractivity contribution is 7.18. The summed E-state index contributed by atoms with van der Waals surface area (Å²) in [5.74, 6) is 2.07. The lowest BCUT2D eigenvalue weighted by atomic mass is 10.2. The highest BCUT2D eigenvalue weighted by atomic mass is 32.1. The molecule has 23 heavy (non-hydrogen) atoms. The van der Waals surface area contributed by atoms with Crippen molar-refractivity contribution in [3.05, 3.63) is 29.0 Å². The summed E-state index contributed by atoms with van der Waals surface area (Å²) in [6, 6.07) is 2.11. The Hall–Kier alpha value is -2.06. The summed E-state index contributed by atoms with van der Waals surface area (Å²) >= 11 is 1.67. The molecule has 0 unspecified atom stereocenters. The monoisotopic (exact) mass is 331 g/mol. The fourth-order valence-corrected chi connectivity index (χ4v) is 3.66. The van der Waals surface area contributed by atoms with Crippen LogP contribution in [0.25, 0.3) is 10.2 Å². The van der Waals surface area contributed by atoms with E-state index < -0.39 is 0 Å². The summed E-state index contributed by atoms with van der Waals surface area (Å²) in [5.41, 5.74) is 0. The molecule has 4 heterocycles. The third-order valence-corrected chi connectivity index (χ3v) is 4.83. The van der Waals surface area contributed by atoms with Crippen LogP contribution in [0.5, 0.6) is 0 Å². The highest BCUT2D eigenvalue weighted by Gasteiger charge is 2.30. The second-order valence-corrected chi connectivity index (χ2v) is 6.92. The lowest BCUT2D eigenvalue weighted by molar-refractivity contribution is 0.0326. The van der Waals surface area contributed by atoms with E-state index in [9.17, 15) is 0 Å². The van der Waals surface area contributed by atoms with Gasteiger partial charge in [0.2, 0.25) is 0 Å². The Labute approximate surface area is 137 Å². The van der Waals surface area contributed by atoms with Crippen LogP contribution in [0, 0.1) is 13.8 Å². The van der Waals surface area contributed by atoms with Gasteiger partial charge in [-0.1, -0.05) is 5.16 Å². The predicted octanol–water partition coefficient (Wildman–Crippen LogP) is 3.02. The minimum absolute atomic E-state index is 0.100. The number of hydrogen-bond donors (Lipinski definition) is 1. The number of anilines is 1. The molecule has 2 atom stereocenters. The predicted molar refractivity (Wildman–Crippen MR) is 86.5 cm³/mol. The van der Waals surface area contributed by atoms with Crippen molar-refractivity contribution in [2.45, 2.75) is 38.9 Å². The molecule has 3 aromatic rings. The number of hydrogen-bond acceptors (Lipinski definition) is 8. The molecule has 0 amide bonds. The SMILES string of the molecule is Cc1noc([C@@H]2CC[C@H](CNc3ncnc4sc(C)cc34)O2)n1. The summed E-state index contributed by atoms with van der Waals surface area (Å²) in [5, 5.41) is 8.27. The quantitative estimate of drug-likeness (QED) is 0.786. The van der Waals surface area contributed by atoms with Crippen LogP contribution in [0.2, 0.25) is 0 Å². The summed E-state index contributed by atoms with van der Waals surface area (Å²) < 4.78 is 11.2. The van der Waals surface area contributed by atoms with E-state index in [1.807, 2.05) is 6.92 Å². The standard InChI is InChI=1S/C15H17N5O2S/c1-8-5-11-13(17-7-18-15(11)23-8)16-6-10-3-4-12(21-10)14-19-9(2)20-22-14/h5,7,10,12H,3-4,6H2,1-2H3,(H,16,17,18)/t10-,12+/m1/s1. The van der Waals surface area contributed by atoms with Crippen LogP contribution >= 0.6 is 11.3 Å². The van der Waals surface area contributed by atoms with E-state index in [0.717, 1.165) is 28.9 Å². The number of nitrogens with zero attached hydrogens (tertiary/aromatic N) is 4. The van der Waals surface area contributed by atoms with Crippen molar-refractivity contribution in [2.75, 3.05) is 11.9 Å². The van der Waals surface area contributed by atoms with E-state index in [1.165, 1.54) is 4.88 Å². The van der Waals surface area contributed by atoms with Gasteiger partial charge < -0.3 is 14.6 Å². The molecule has 0 aromatic carbocycles. The number of thiophene rings is 1. The zero-order chi connectivity index (χ0) is 15.8. The van der Waals surface area contributed by atoms with E-state index in [0.29, 0.717) is 18.3 Å². The number of rotatable bonds is 4. The molecule has 0 saturated carbocycles. The maximum atomic E-state index is 6.00. The van der Waals surface area contributed by atoms with Crippen LogP contribution in [0.4, 0.5) is 5.82 Å². The highest BCUT2D eigenvalue weighted by Crippen LogP contribution is 2.32. The number of aromatic nitrogens is 4. The Bertz CT molecular complexity index is 830. The lowest BCUT2D eigenvalue weighted by Gasteiger charge is -2.13. The first-order valence-electron chi connectivity index (χ1n) is 7.60. The second-order valence-electron chi connectivity index (χ2n) is 5.68. The smallest absolute Gasteiger partial charge is 0.255 e. The fraction of sp³-hybridized carbons (Fsp3) is 0.467. The van der Waals surface area contributed by atoms with E-state index in [1.54, 1.807) is 17.7 Å². The first-order chi connectivity index (χ1) is 11.2. The van der Waals surface area contributed by atoms with Crippen molar-refractivity contribution >= 4 is 27.4 Å². The molecule has 1 saturated heterocycles. The Balaban J connectivity index is 1.41. The zero-order valence-corrected chi connectivity index (χ0v) is 13.8. The molecule has 1 fully saturated rings. The number of aryl methyl sites for hydroxylation is 2. The minimum Gasteiger partial charge on any atom is -0.367 e. The molecule has 0 bridgehead atoms. The van der Waals surface area contributed by atoms with Crippen molar-refractivity contribution in [3.8, 4) is 0 Å². The lowest BCUT2D eigenvalue weighted by Crippen LogP contribution is -2.19. The van der Waals surface area contributed by atoms with Gasteiger partial charge in [0.1, 0.15) is 23.1 Å². The van der Waals surface area contributed by atoms with Crippen LogP contribution in [0.15, 0.2) is 16.9 Å². The number of fused-ring (bicyclic) bond motifs is 1. The maximum absolute atomic E-state index is 6.00. The summed E-state index contributed by atoms with van der Waals surface area (Å²) in [7, 11) is 0. The first-order valence-corrected chi connectivity index (χ1v) is 8.41. The van der Waals surface area contributed by atoms with Gasteiger partial charge in [-0.05, 0) is 32.8 Å². The molecule has 1 N–H and O–H groups in total. The molecule has 7 nitrogen and oxygen atoms in total. The van der Waals surface area contributed by atoms with Gasteiger partial charge in [0.25, 0.3) is 5.89 Å². The van der Waals surface area contributed by atoms with Crippen molar-refractivity contribution in [3.63, 3.8) is 0 Å². The van der Waals surface area contributed by atoms with Crippen LogP contribution in [0.1, 0.15) is 35.5 Å². The second kappa shape index (κ2) is 5.86. The maximum Gasteiger partial charge on any atom is 0.255 e. The first kappa shape index (κ1) is 14.5. The van der Waals surface area contributed by atoms with Gasteiger partial charge in [-0.15, -0.1) is 11.3 Å². The van der Waals surface area contributed by atoms with Crippen molar-refractivity contribution in [1.82, 2.24) is 20.1 Å². The van der Waals surface area contributed by atoms with Gasteiger partial charge in [-0.3, -0.25) is 0 Å². The molecule has 8 heteroatoms. The molecule has 1 aliphatic rings. The third-order valence-electron chi connectivity index (χ3n) is 3.88. The average molecular weight is 331 g/mol. The molecule has 0 aliphatic carbocycles. The van der Waals surface area contributed by atoms with Crippen LogP contribution in [0.3, 0.4) is 0 Å². The molecular weight excluding hydrogens is 314 g/mol. The Morgan fingerprint density at radius 1 is 1.30 bits per heavy atom. The largest absolute Gasteiger partial charge is 0.367 e. The number of ether oxygens (including phenoxy) is 1. The van der Waals surface area contributed by atoms with E-state index in [4.69, 9.17) is 9.26 Å². The Kier molecular flexibility index (Phi) is 3.70. The van der Waals surface area contributed by atoms with Gasteiger partial charge in [0.05, 0.1) is 11.5 Å². The molecule has 120 valence electrons. The van der Waals surface area contributed by atoms with Gasteiger partial charge in [-0.2, -0.15) is 4.98 Å². The van der Waals surface area contributed by atoms with E-state index in [2.05, 4.69) is 38.4 Å². The molecule has 4 rings (SSSR count). The van der Waals surface area contributed by atoms with Crippen molar-refractivity contribution in [2.24, 2.45) is 0 Å². The van der Waals surface area contributed by atoms with Gasteiger partial charge in [-0.25, -0.2) is 9.97 Å². The Morgan fingerprint density at radius 2 is 2.22 bits per heavy atom. The fourth-order valence-electron chi connectivity index (χ4n) is 2.81. The van der Waals surface area contributed by atoms with Gasteiger partial charge >= 0.3 is 0 Å². The van der Waals surface area contributed by atoms with Crippen molar-refractivity contribution < 1.29 is 9.26 Å².